The van der Waals surface area contributed by atoms with E-state index in [0.717, 1.165) is 43.8 Å². The highest BCUT2D eigenvalue weighted by molar-refractivity contribution is 9.10. The van der Waals surface area contributed by atoms with Crippen molar-refractivity contribution >= 4 is 33.0 Å². The number of rotatable bonds is 8. The summed E-state index contributed by atoms with van der Waals surface area (Å²) in [6.07, 6.45) is 1.66. The van der Waals surface area contributed by atoms with Crippen molar-refractivity contribution in [1.29, 1.82) is 0 Å². The van der Waals surface area contributed by atoms with Crippen LogP contribution in [0.25, 0.3) is 22.3 Å². The summed E-state index contributed by atoms with van der Waals surface area (Å²) < 4.78 is 13.8. The SMILES string of the molecule is COc1cc(C)c(-c2nc3ccccc3c(=O)n2N=Cc2ccc(OCc3ccccc3)c(Br)c2)cc1C(C)C. The van der Waals surface area contributed by atoms with Crippen LogP contribution in [0.3, 0.4) is 0 Å². The lowest BCUT2D eigenvalue weighted by Gasteiger charge is -2.17. The predicted molar refractivity (Wildman–Crippen MR) is 165 cm³/mol. The summed E-state index contributed by atoms with van der Waals surface area (Å²) in [4.78, 5) is 18.6. The number of nitrogens with zero attached hydrogens (tertiary/aromatic N) is 3. The number of hydrogen-bond donors (Lipinski definition) is 0. The number of hydrogen-bond acceptors (Lipinski definition) is 5. The van der Waals surface area contributed by atoms with Crippen molar-refractivity contribution in [3.8, 4) is 22.9 Å². The summed E-state index contributed by atoms with van der Waals surface area (Å²) in [6.45, 7) is 6.68. The Bertz CT molecular complexity index is 1760. The fraction of sp³-hybridized carbons (Fsp3) is 0.182. The summed E-state index contributed by atoms with van der Waals surface area (Å²) >= 11 is 3.61. The molecule has 0 atom stereocenters. The summed E-state index contributed by atoms with van der Waals surface area (Å²) in [7, 11) is 1.67. The van der Waals surface area contributed by atoms with Crippen molar-refractivity contribution in [1.82, 2.24) is 9.66 Å². The Kier molecular flexibility index (Phi) is 8.12. The number of halogens is 1. The van der Waals surface area contributed by atoms with Gasteiger partial charge in [0.15, 0.2) is 5.82 Å². The Morgan fingerprint density at radius 3 is 2.45 bits per heavy atom. The zero-order chi connectivity index (χ0) is 28.2. The van der Waals surface area contributed by atoms with Gasteiger partial charge in [-0.1, -0.05) is 56.3 Å². The van der Waals surface area contributed by atoms with Crippen LogP contribution in [-0.4, -0.2) is 23.0 Å². The first kappa shape index (κ1) is 27.3. The second-order valence-corrected chi connectivity index (χ2v) is 10.7. The van der Waals surface area contributed by atoms with Gasteiger partial charge in [0.05, 0.1) is 28.7 Å². The van der Waals surface area contributed by atoms with Crippen LogP contribution in [0.1, 0.15) is 42.0 Å². The molecule has 5 rings (SSSR count). The average molecular weight is 597 g/mol. The van der Waals surface area contributed by atoms with E-state index in [1.165, 1.54) is 4.68 Å². The number of benzene rings is 4. The average Bonchev–Trinajstić information content (AvgIpc) is 2.96. The molecule has 0 amide bonds. The first-order valence-corrected chi connectivity index (χ1v) is 13.9. The molecule has 1 heterocycles. The molecule has 1 aromatic heterocycles. The fourth-order valence-electron chi connectivity index (χ4n) is 4.55. The smallest absolute Gasteiger partial charge is 0.282 e. The molecular formula is C33H30BrN3O3. The molecule has 0 saturated heterocycles. The van der Waals surface area contributed by atoms with Crippen LogP contribution in [0, 0.1) is 6.92 Å². The van der Waals surface area contributed by atoms with Crippen LogP contribution < -0.4 is 15.0 Å². The van der Waals surface area contributed by atoms with E-state index in [9.17, 15) is 4.79 Å². The minimum absolute atomic E-state index is 0.221. The number of methoxy groups -OCH3 is 1. The normalized spacial score (nSPS) is 11.4. The van der Waals surface area contributed by atoms with Gasteiger partial charge in [0.1, 0.15) is 18.1 Å². The van der Waals surface area contributed by atoms with E-state index in [1.807, 2.05) is 79.7 Å². The number of fused-ring (bicyclic) bond motifs is 1. The van der Waals surface area contributed by atoms with Gasteiger partial charge in [0, 0.05) is 5.56 Å². The fourth-order valence-corrected chi connectivity index (χ4v) is 5.06. The lowest BCUT2D eigenvalue weighted by Crippen LogP contribution is -2.20. The van der Waals surface area contributed by atoms with Crippen molar-refractivity contribution in [3.05, 3.63) is 122 Å². The Morgan fingerprint density at radius 2 is 1.73 bits per heavy atom. The number of aromatic nitrogens is 2. The van der Waals surface area contributed by atoms with Gasteiger partial charge in [-0.3, -0.25) is 4.79 Å². The Balaban J connectivity index is 1.55. The third-order valence-electron chi connectivity index (χ3n) is 6.71. The summed E-state index contributed by atoms with van der Waals surface area (Å²) in [5, 5.41) is 5.15. The topological polar surface area (TPSA) is 65.7 Å². The highest BCUT2D eigenvalue weighted by Gasteiger charge is 2.18. The molecule has 0 N–H and O–H groups in total. The van der Waals surface area contributed by atoms with Crippen molar-refractivity contribution in [2.45, 2.75) is 33.3 Å². The molecule has 202 valence electrons. The molecule has 0 fully saturated rings. The molecule has 0 unspecified atom stereocenters. The van der Waals surface area contributed by atoms with Gasteiger partial charge >= 0.3 is 0 Å². The molecule has 0 aliphatic carbocycles. The highest BCUT2D eigenvalue weighted by atomic mass is 79.9. The number of para-hydroxylation sites is 1. The number of ether oxygens (including phenoxy) is 2. The molecule has 6 nitrogen and oxygen atoms in total. The van der Waals surface area contributed by atoms with E-state index in [4.69, 9.17) is 14.5 Å². The van der Waals surface area contributed by atoms with Crippen LogP contribution in [0.15, 0.2) is 99.3 Å². The molecule has 0 bridgehead atoms. The van der Waals surface area contributed by atoms with Gasteiger partial charge in [-0.05, 0) is 93.5 Å². The molecule has 40 heavy (non-hydrogen) atoms. The van der Waals surface area contributed by atoms with Crippen molar-refractivity contribution < 1.29 is 9.47 Å². The van der Waals surface area contributed by atoms with Gasteiger partial charge in [0.2, 0.25) is 0 Å². The monoisotopic (exact) mass is 595 g/mol. The van der Waals surface area contributed by atoms with E-state index >= 15 is 0 Å². The van der Waals surface area contributed by atoms with Crippen LogP contribution in [0.4, 0.5) is 0 Å². The zero-order valence-electron chi connectivity index (χ0n) is 22.9. The van der Waals surface area contributed by atoms with Crippen molar-refractivity contribution in [2.24, 2.45) is 5.10 Å². The third kappa shape index (κ3) is 5.70. The van der Waals surface area contributed by atoms with E-state index in [1.54, 1.807) is 19.4 Å². The maximum absolute atomic E-state index is 13.7. The van der Waals surface area contributed by atoms with Gasteiger partial charge in [0.25, 0.3) is 5.56 Å². The molecule has 7 heteroatoms. The van der Waals surface area contributed by atoms with Gasteiger partial charge < -0.3 is 9.47 Å². The zero-order valence-corrected chi connectivity index (χ0v) is 24.5. The molecule has 4 aromatic carbocycles. The third-order valence-corrected chi connectivity index (χ3v) is 7.33. The summed E-state index contributed by atoms with van der Waals surface area (Å²) in [5.74, 6) is 2.23. The van der Waals surface area contributed by atoms with Gasteiger partial charge in [-0.2, -0.15) is 9.78 Å². The Hall–Kier alpha value is -4.23. The van der Waals surface area contributed by atoms with Crippen LogP contribution in [0.2, 0.25) is 0 Å². The van der Waals surface area contributed by atoms with Crippen molar-refractivity contribution in [3.63, 3.8) is 0 Å². The highest BCUT2D eigenvalue weighted by Crippen LogP contribution is 2.34. The van der Waals surface area contributed by atoms with Gasteiger partial charge in [-0.25, -0.2) is 4.98 Å². The first-order valence-electron chi connectivity index (χ1n) is 13.1. The standard InChI is InChI=1S/C33H30BrN3O3/c1-21(2)26-18-27(22(3)16-31(26)39-4)32-36-29-13-9-8-12-25(29)33(38)37(32)35-19-24-14-15-30(28(34)17-24)40-20-23-10-6-5-7-11-23/h5-19,21H,20H2,1-4H3. The van der Waals surface area contributed by atoms with E-state index in [-0.39, 0.29) is 11.5 Å². The molecular weight excluding hydrogens is 566 g/mol. The van der Waals surface area contributed by atoms with E-state index < -0.39 is 0 Å². The van der Waals surface area contributed by atoms with Gasteiger partial charge in [-0.15, -0.1) is 0 Å². The second kappa shape index (κ2) is 11.9. The Labute approximate surface area is 242 Å². The number of aryl methyl sites for hydroxylation is 1. The molecule has 5 aromatic rings. The lowest BCUT2D eigenvalue weighted by molar-refractivity contribution is 0.304. The van der Waals surface area contributed by atoms with Crippen LogP contribution in [0.5, 0.6) is 11.5 Å². The molecule has 0 aliphatic rings. The quantitative estimate of drug-likeness (QED) is 0.172. The molecule has 0 spiro atoms. The van der Waals surface area contributed by atoms with Crippen LogP contribution >= 0.6 is 15.9 Å². The lowest BCUT2D eigenvalue weighted by atomic mass is 9.96. The Morgan fingerprint density at radius 1 is 0.975 bits per heavy atom. The second-order valence-electron chi connectivity index (χ2n) is 9.84. The summed E-state index contributed by atoms with van der Waals surface area (Å²) in [5.41, 5.74) is 5.09. The summed E-state index contributed by atoms with van der Waals surface area (Å²) in [6, 6.07) is 27.1. The largest absolute Gasteiger partial charge is 0.496 e. The minimum Gasteiger partial charge on any atom is -0.496 e. The maximum Gasteiger partial charge on any atom is 0.282 e. The predicted octanol–water partition coefficient (Wildman–Crippen LogP) is 7.73. The molecule has 0 radical (unpaired) electrons. The molecule has 0 aliphatic heterocycles. The van der Waals surface area contributed by atoms with E-state index in [0.29, 0.717) is 23.3 Å². The van der Waals surface area contributed by atoms with Crippen molar-refractivity contribution in [2.75, 3.05) is 7.11 Å². The first-order chi connectivity index (χ1) is 19.4. The minimum atomic E-state index is -0.236. The van der Waals surface area contributed by atoms with Crippen LogP contribution in [-0.2, 0) is 6.61 Å². The van der Waals surface area contributed by atoms with E-state index in [2.05, 4.69) is 40.9 Å². The maximum atomic E-state index is 13.7. The molecule has 0 saturated carbocycles.